The Kier molecular flexibility index (Phi) is 11.4. The fourth-order valence-corrected chi connectivity index (χ4v) is 15.4. The van der Waals surface area contributed by atoms with E-state index in [1.54, 1.807) is 0 Å². The number of fused-ring (bicyclic) bond motifs is 13. The normalized spacial score (nSPS) is 17.2. The van der Waals surface area contributed by atoms with Crippen molar-refractivity contribution in [1.82, 2.24) is 0 Å². The summed E-state index contributed by atoms with van der Waals surface area (Å²) in [5.74, 6) is 0. The third-order valence-corrected chi connectivity index (χ3v) is 20.8. The number of nitrogens with zero attached hydrogens (tertiary/aromatic N) is 3. The maximum Gasteiger partial charge on any atom is 0.333 e. The SMILES string of the molecule is Cc1cc2c(cc1N1c3ccc(N(c4ccc(C(C)(C)C)cc4)c4cccc(C(C)(C)C)c4)cc3B3c4c1cc1c(oc5ccccc51)c4-c1cc4oc5ccccc5c4cc1N3c1ccc3c(c1)C(C)(C)CCC3(C)C)C(C)(C)CCC2(C)C. The zero-order valence-electron chi connectivity index (χ0n) is 52.7. The standard InChI is InChI=1S/C79H80BN3O2/c1-47-39-60-62(79(14,15)38-37-77(60,10)11)46-65(47)82-64-34-32-52(81(50-29-27-48(28-30-50)74(2,3)4)51-22-20-21-49(40-51)75(5,6)7)42-63(64)80-72-67(82)44-57-55-24-17-19-26-69(55)85-73(57)71(72)58-45-70-56(54-23-16-18-25-68(54)84-70)43-66(58)83(80)53-31-33-59-61(41-53)78(12,13)36-35-76(59,8)9/h16-34,39-46H,35-38H2,1-15H3. The minimum Gasteiger partial charge on any atom is -0.456 e. The first-order chi connectivity index (χ1) is 40.3. The number of hydrogen-bond donors (Lipinski definition) is 0. The van der Waals surface area contributed by atoms with Crippen LogP contribution in [0.1, 0.15) is 162 Å². The van der Waals surface area contributed by atoms with Crippen LogP contribution in [0.3, 0.4) is 0 Å². The molecule has 4 aliphatic rings. The molecule has 0 bridgehead atoms. The third-order valence-electron chi connectivity index (χ3n) is 20.8. The van der Waals surface area contributed by atoms with E-state index in [1.165, 1.54) is 72.6 Å². The van der Waals surface area contributed by atoms with Gasteiger partial charge in [-0.1, -0.05) is 170 Å². The van der Waals surface area contributed by atoms with Crippen molar-refractivity contribution < 1.29 is 8.83 Å². The summed E-state index contributed by atoms with van der Waals surface area (Å²) in [5, 5.41) is 4.43. The van der Waals surface area contributed by atoms with E-state index < -0.39 is 0 Å². The van der Waals surface area contributed by atoms with Gasteiger partial charge in [0.25, 0.3) is 0 Å². The van der Waals surface area contributed by atoms with Crippen LogP contribution in [0.25, 0.3) is 55.0 Å². The summed E-state index contributed by atoms with van der Waals surface area (Å²) < 4.78 is 14.3. The van der Waals surface area contributed by atoms with Crippen LogP contribution in [0.5, 0.6) is 0 Å². The third kappa shape index (κ3) is 8.16. The molecule has 4 heterocycles. The van der Waals surface area contributed by atoms with Gasteiger partial charge in [0.1, 0.15) is 22.3 Å². The van der Waals surface area contributed by atoms with Gasteiger partial charge in [0.15, 0.2) is 0 Å². The van der Waals surface area contributed by atoms with E-state index in [4.69, 9.17) is 8.83 Å². The van der Waals surface area contributed by atoms with Crippen LogP contribution < -0.4 is 25.5 Å². The molecule has 85 heavy (non-hydrogen) atoms. The van der Waals surface area contributed by atoms with Gasteiger partial charge < -0.3 is 23.4 Å². The fraction of sp³-hybridized carbons (Fsp3) is 0.316. The average molecular weight is 1110 g/mol. The van der Waals surface area contributed by atoms with Gasteiger partial charge in [-0.2, -0.15) is 0 Å². The molecular formula is C79H80BN3O2. The fourth-order valence-electron chi connectivity index (χ4n) is 15.4. The van der Waals surface area contributed by atoms with E-state index in [-0.39, 0.29) is 39.3 Å². The first kappa shape index (κ1) is 53.7. The molecule has 2 aliphatic heterocycles. The lowest BCUT2D eigenvalue weighted by atomic mass is 9.43. The molecule has 0 saturated carbocycles. The van der Waals surface area contributed by atoms with E-state index in [0.29, 0.717) is 0 Å². The summed E-state index contributed by atoms with van der Waals surface area (Å²) >= 11 is 0. The topological polar surface area (TPSA) is 36.0 Å². The van der Waals surface area contributed by atoms with Crippen LogP contribution in [0.15, 0.2) is 173 Å². The Morgan fingerprint density at radius 3 is 1.68 bits per heavy atom. The smallest absolute Gasteiger partial charge is 0.333 e. The Labute approximate surface area is 503 Å². The molecule has 6 heteroatoms. The van der Waals surface area contributed by atoms with Gasteiger partial charge in [0, 0.05) is 78.2 Å². The highest BCUT2D eigenvalue weighted by atomic mass is 16.3. The van der Waals surface area contributed by atoms with Crippen molar-refractivity contribution in [2.45, 2.75) is 162 Å². The van der Waals surface area contributed by atoms with Crippen LogP contribution >= 0.6 is 0 Å². The van der Waals surface area contributed by atoms with Crippen molar-refractivity contribution in [1.29, 1.82) is 0 Å². The largest absolute Gasteiger partial charge is 0.456 e. The zero-order valence-corrected chi connectivity index (χ0v) is 52.7. The Morgan fingerprint density at radius 1 is 0.435 bits per heavy atom. The highest BCUT2D eigenvalue weighted by Gasteiger charge is 2.49. The highest BCUT2D eigenvalue weighted by molar-refractivity contribution is 6.94. The second-order valence-electron chi connectivity index (χ2n) is 30.4. The predicted octanol–water partition coefficient (Wildman–Crippen LogP) is 21.3. The predicted molar refractivity (Wildman–Crippen MR) is 362 cm³/mol. The van der Waals surface area contributed by atoms with Gasteiger partial charge in [-0.3, -0.25) is 0 Å². The molecule has 426 valence electrons. The van der Waals surface area contributed by atoms with Gasteiger partial charge >= 0.3 is 6.85 Å². The van der Waals surface area contributed by atoms with E-state index in [9.17, 15) is 0 Å². The maximum absolute atomic E-state index is 7.37. The number of para-hydroxylation sites is 2. The minimum atomic E-state index is -0.311. The lowest BCUT2D eigenvalue weighted by molar-refractivity contribution is 0.332. The van der Waals surface area contributed by atoms with Gasteiger partial charge in [-0.25, -0.2) is 0 Å². The molecule has 0 atom stereocenters. The highest BCUT2D eigenvalue weighted by Crippen LogP contribution is 2.56. The van der Waals surface area contributed by atoms with Crippen molar-refractivity contribution in [3.63, 3.8) is 0 Å². The summed E-state index contributed by atoms with van der Waals surface area (Å²) in [6.45, 7) is 35.5. The number of hydrogen-bond acceptors (Lipinski definition) is 5. The first-order valence-electron chi connectivity index (χ1n) is 31.3. The number of benzene rings is 9. The van der Waals surface area contributed by atoms with Gasteiger partial charge in [-0.05, 0) is 206 Å². The van der Waals surface area contributed by atoms with Crippen molar-refractivity contribution in [2.75, 3.05) is 14.6 Å². The maximum atomic E-state index is 7.37. The quantitative estimate of drug-likeness (QED) is 0.161. The second kappa shape index (κ2) is 18.0. The van der Waals surface area contributed by atoms with Crippen LogP contribution in [0.2, 0.25) is 0 Å². The lowest BCUT2D eigenvalue weighted by Crippen LogP contribution is -2.61. The molecule has 0 spiro atoms. The molecule has 2 aliphatic carbocycles. The van der Waals surface area contributed by atoms with Gasteiger partial charge in [-0.15, -0.1) is 0 Å². The van der Waals surface area contributed by atoms with Crippen LogP contribution in [0, 0.1) is 6.92 Å². The number of aryl methyl sites for hydroxylation is 1. The van der Waals surface area contributed by atoms with E-state index in [1.807, 2.05) is 0 Å². The Balaban J connectivity index is 1.10. The molecule has 0 saturated heterocycles. The molecule has 2 aromatic heterocycles. The van der Waals surface area contributed by atoms with E-state index in [0.717, 1.165) is 103 Å². The molecule has 11 aromatic rings. The summed E-state index contributed by atoms with van der Waals surface area (Å²) in [5.41, 5.74) is 27.0. The average Bonchev–Trinajstić information content (AvgIpc) is 1.66. The molecular weight excluding hydrogens is 1030 g/mol. The van der Waals surface area contributed by atoms with Gasteiger partial charge in [0.2, 0.25) is 0 Å². The first-order valence-corrected chi connectivity index (χ1v) is 31.3. The minimum absolute atomic E-state index is 0.00234. The second-order valence-corrected chi connectivity index (χ2v) is 30.4. The van der Waals surface area contributed by atoms with Crippen LogP contribution in [0.4, 0.5) is 45.5 Å². The van der Waals surface area contributed by atoms with Crippen molar-refractivity contribution in [3.05, 3.63) is 203 Å². The Hall–Kier alpha value is -7.96. The molecule has 9 aromatic carbocycles. The molecule has 15 rings (SSSR count). The number of anilines is 8. The van der Waals surface area contributed by atoms with Crippen molar-refractivity contribution >= 4 is 107 Å². The lowest BCUT2D eigenvalue weighted by Gasteiger charge is -2.48. The van der Waals surface area contributed by atoms with E-state index in [2.05, 4.69) is 282 Å². The Bertz CT molecular complexity index is 4610. The molecule has 0 radical (unpaired) electrons. The van der Waals surface area contributed by atoms with E-state index >= 15 is 0 Å². The molecule has 0 N–H and O–H groups in total. The summed E-state index contributed by atoms with van der Waals surface area (Å²) in [6, 6.07) is 63.1. The van der Waals surface area contributed by atoms with Crippen molar-refractivity contribution in [3.8, 4) is 11.1 Å². The summed E-state index contributed by atoms with van der Waals surface area (Å²) in [7, 11) is 0. The van der Waals surface area contributed by atoms with Crippen LogP contribution in [-0.2, 0) is 32.5 Å². The molecule has 5 nitrogen and oxygen atoms in total. The van der Waals surface area contributed by atoms with Crippen LogP contribution in [-0.4, -0.2) is 6.85 Å². The monoisotopic (exact) mass is 1110 g/mol. The zero-order chi connectivity index (χ0) is 59.2. The summed E-state index contributed by atoms with van der Waals surface area (Å²) in [4.78, 5) is 7.89. The Morgan fingerprint density at radius 2 is 1.01 bits per heavy atom. The molecule has 0 unspecified atom stereocenters. The molecule has 0 amide bonds. The number of rotatable bonds is 5. The number of furan rings is 2. The summed E-state index contributed by atoms with van der Waals surface area (Å²) in [6.07, 6.45) is 4.54. The van der Waals surface area contributed by atoms with Gasteiger partial charge in [0.05, 0.1) is 0 Å². The molecule has 0 fully saturated rings. The van der Waals surface area contributed by atoms with Crippen molar-refractivity contribution in [2.24, 2.45) is 0 Å².